The zero-order chi connectivity index (χ0) is 17.8. The molecule has 0 fully saturated rings. The summed E-state index contributed by atoms with van der Waals surface area (Å²) in [7, 11) is 2.05. The molecule has 0 N–H and O–H groups in total. The third kappa shape index (κ3) is 3.91. The SMILES string of the molecule is CN(CCCCN1C(=O)c2ccccc2C1=O)Cc1ccccc1Cl. The van der Waals surface area contributed by atoms with Gasteiger partial charge in [0.25, 0.3) is 11.8 Å². The molecule has 0 bridgehead atoms. The van der Waals surface area contributed by atoms with Gasteiger partial charge in [0.05, 0.1) is 11.1 Å². The largest absolute Gasteiger partial charge is 0.302 e. The van der Waals surface area contributed by atoms with Crippen molar-refractivity contribution in [2.24, 2.45) is 0 Å². The highest BCUT2D eigenvalue weighted by Gasteiger charge is 2.34. The fourth-order valence-corrected chi connectivity index (χ4v) is 3.29. The zero-order valence-electron chi connectivity index (χ0n) is 14.2. The molecule has 0 aromatic heterocycles. The van der Waals surface area contributed by atoms with Gasteiger partial charge < -0.3 is 4.90 Å². The molecular formula is C20H21ClN2O2. The number of rotatable bonds is 7. The molecule has 0 spiro atoms. The van der Waals surface area contributed by atoms with Gasteiger partial charge in [0.15, 0.2) is 0 Å². The van der Waals surface area contributed by atoms with Gasteiger partial charge in [-0.15, -0.1) is 0 Å². The fourth-order valence-electron chi connectivity index (χ4n) is 3.09. The third-order valence-electron chi connectivity index (χ3n) is 4.45. The minimum absolute atomic E-state index is 0.176. The second kappa shape index (κ2) is 7.81. The molecule has 2 aromatic carbocycles. The zero-order valence-corrected chi connectivity index (χ0v) is 15.0. The highest BCUT2D eigenvalue weighted by atomic mass is 35.5. The molecule has 0 radical (unpaired) electrons. The van der Waals surface area contributed by atoms with Crippen LogP contribution in [0.4, 0.5) is 0 Å². The smallest absolute Gasteiger partial charge is 0.261 e. The van der Waals surface area contributed by atoms with Crippen molar-refractivity contribution < 1.29 is 9.59 Å². The molecule has 1 aliphatic heterocycles. The Labute approximate surface area is 153 Å². The molecule has 130 valence electrons. The van der Waals surface area contributed by atoms with E-state index in [1.807, 2.05) is 31.3 Å². The van der Waals surface area contributed by atoms with Crippen molar-refractivity contribution in [3.63, 3.8) is 0 Å². The first-order valence-electron chi connectivity index (χ1n) is 8.45. The number of fused-ring (bicyclic) bond motifs is 1. The maximum Gasteiger partial charge on any atom is 0.261 e. The summed E-state index contributed by atoms with van der Waals surface area (Å²) in [5.74, 6) is -0.352. The first-order chi connectivity index (χ1) is 12.1. The quantitative estimate of drug-likeness (QED) is 0.559. The first-order valence-corrected chi connectivity index (χ1v) is 8.83. The van der Waals surface area contributed by atoms with Gasteiger partial charge in [-0.25, -0.2) is 0 Å². The maximum absolute atomic E-state index is 12.3. The number of amides is 2. The molecule has 0 unspecified atom stereocenters. The van der Waals surface area contributed by atoms with E-state index in [0.717, 1.165) is 36.5 Å². The van der Waals surface area contributed by atoms with E-state index in [4.69, 9.17) is 11.6 Å². The van der Waals surface area contributed by atoms with Gasteiger partial charge >= 0.3 is 0 Å². The van der Waals surface area contributed by atoms with Crippen LogP contribution in [0.25, 0.3) is 0 Å². The summed E-state index contributed by atoms with van der Waals surface area (Å²) in [5.41, 5.74) is 2.14. The number of hydrogen-bond acceptors (Lipinski definition) is 3. The van der Waals surface area contributed by atoms with Gasteiger partial charge in [-0.2, -0.15) is 0 Å². The Kier molecular flexibility index (Phi) is 5.51. The third-order valence-corrected chi connectivity index (χ3v) is 4.82. The van der Waals surface area contributed by atoms with Gasteiger partial charge in [0.2, 0.25) is 0 Å². The van der Waals surface area contributed by atoms with Gasteiger partial charge in [-0.05, 0) is 50.2 Å². The van der Waals surface area contributed by atoms with E-state index in [2.05, 4.69) is 4.90 Å². The Morgan fingerprint density at radius 2 is 1.52 bits per heavy atom. The van der Waals surface area contributed by atoms with Crippen molar-refractivity contribution in [3.8, 4) is 0 Å². The van der Waals surface area contributed by atoms with Crippen molar-refractivity contribution in [2.45, 2.75) is 19.4 Å². The fraction of sp³-hybridized carbons (Fsp3) is 0.300. The number of halogens is 1. The van der Waals surface area contributed by atoms with Crippen molar-refractivity contribution in [1.82, 2.24) is 9.80 Å². The number of hydrogen-bond donors (Lipinski definition) is 0. The molecule has 0 saturated heterocycles. The van der Waals surface area contributed by atoms with Gasteiger partial charge in [0, 0.05) is 18.1 Å². The molecule has 1 heterocycles. The lowest BCUT2D eigenvalue weighted by atomic mass is 10.1. The van der Waals surface area contributed by atoms with Crippen LogP contribution in [0.15, 0.2) is 48.5 Å². The first kappa shape index (κ1) is 17.6. The lowest BCUT2D eigenvalue weighted by molar-refractivity contribution is 0.0650. The van der Waals surface area contributed by atoms with Crippen LogP contribution in [-0.2, 0) is 6.54 Å². The minimum Gasteiger partial charge on any atom is -0.302 e. The van der Waals surface area contributed by atoms with Crippen molar-refractivity contribution in [1.29, 1.82) is 0 Å². The number of unbranched alkanes of at least 4 members (excludes halogenated alkanes) is 1. The molecule has 0 atom stereocenters. The predicted molar refractivity (Wildman–Crippen MR) is 98.8 cm³/mol. The second-order valence-corrected chi connectivity index (χ2v) is 6.75. The number of nitrogens with zero attached hydrogens (tertiary/aromatic N) is 2. The number of carbonyl (C=O) groups is 2. The van der Waals surface area contributed by atoms with Gasteiger partial charge in [-0.3, -0.25) is 14.5 Å². The lowest BCUT2D eigenvalue weighted by Crippen LogP contribution is -2.31. The summed E-state index contributed by atoms with van der Waals surface area (Å²) >= 11 is 6.18. The summed E-state index contributed by atoms with van der Waals surface area (Å²) in [5, 5.41) is 0.778. The van der Waals surface area contributed by atoms with E-state index in [9.17, 15) is 9.59 Å². The predicted octanol–water partition coefficient (Wildman–Crippen LogP) is 3.85. The van der Waals surface area contributed by atoms with Crippen LogP contribution in [-0.4, -0.2) is 41.8 Å². The molecule has 2 aromatic rings. The van der Waals surface area contributed by atoms with E-state index < -0.39 is 0 Å². The second-order valence-electron chi connectivity index (χ2n) is 6.34. The van der Waals surface area contributed by atoms with Crippen LogP contribution in [0, 0.1) is 0 Å². The molecule has 2 amide bonds. The van der Waals surface area contributed by atoms with Crippen molar-refractivity contribution in [2.75, 3.05) is 20.1 Å². The molecular weight excluding hydrogens is 336 g/mol. The molecule has 0 aliphatic carbocycles. The summed E-state index contributed by atoms with van der Waals surface area (Å²) in [6, 6.07) is 14.8. The summed E-state index contributed by atoms with van der Waals surface area (Å²) in [6.45, 7) is 2.13. The van der Waals surface area contributed by atoms with Crippen LogP contribution >= 0.6 is 11.6 Å². The molecule has 0 saturated carbocycles. The highest BCUT2D eigenvalue weighted by Crippen LogP contribution is 2.22. The van der Waals surface area contributed by atoms with Crippen LogP contribution in [0.5, 0.6) is 0 Å². The average molecular weight is 357 g/mol. The topological polar surface area (TPSA) is 40.6 Å². The maximum atomic E-state index is 12.3. The van der Waals surface area contributed by atoms with Crippen molar-refractivity contribution >= 4 is 23.4 Å². The molecule has 25 heavy (non-hydrogen) atoms. The lowest BCUT2D eigenvalue weighted by Gasteiger charge is -2.18. The Balaban J connectivity index is 1.46. The Morgan fingerprint density at radius 1 is 0.920 bits per heavy atom. The monoisotopic (exact) mass is 356 g/mol. The number of carbonyl (C=O) groups excluding carboxylic acids is 2. The Bertz CT molecular complexity index is 756. The standard InChI is InChI=1S/C20H21ClN2O2/c1-22(14-15-8-2-5-11-18(15)21)12-6-7-13-23-19(24)16-9-3-4-10-17(16)20(23)25/h2-5,8-11H,6-7,12-14H2,1H3. The van der Waals surface area contributed by atoms with E-state index in [-0.39, 0.29) is 11.8 Å². The van der Waals surface area contributed by atoms with E-state index in [1.165, 1.54) is 4.90 Å². The van der Waals surface area contributed by atoms with E-state index in [0.29, 0.717) is 17.7 Å². The number of benzene rings is 2. The Hall–Kier alpha value is -2.17. The average Bonchev–Trinajstić information content (AvgIpc) is 2.86. The summed E-state index contributed by atoms with van der Waals surface area (Å²) in [6.07, 6.45) is 1.70. The van der Waals surface area contributed by atoms with Crippen LogP contribution in [0.3, 0.4) is 0 Å². The van der Waals surface area contributed by atoms with Crippen molar-refractivity contribution in [3.05, 3.63) is 70.2 Å². The highest BCUT2D eigenvalue weighted by molar-refractivity contribution is 6.31. The Morgan fingerprint density at radius 3 is 2.16 bits per heavy atom. The van der Waals surface area contributed by atoms with Crippen LogP contribution < -0.4 is 0 Å². The minimum atomic E-state index is -0.176. The summed E-state index contributed by atoms with van der Waals surface area (Å²) < 4.78 is 0. The van der Waals surface area contributed by atoms with Gasteiger partial charge in [0.1, 0.15) is 0 Å². The molecule has 1 aliphatic rings. The summed E-state index contributed by atoms with van der Waals surface area (Å²) in [4.78, 5) is 28.1. The molecule has 4 nitrogen and oxygen atoms in total. The van der Waals surface area contributed by atoms with Gasteiger partial charge in [-0.1, -0.05) is 41.9 Å². The molecule has 3 rings (SSSR count). The number of imide groups is 1. The van der Waals surface area contributed by atoms with Crippen LogP contribution in [0.1, 0.15) is 39.1 Å². The van der Waals surface area contributed by atoms with Crippen LogP contribution in [0.2, 0.25) is 5.02 Å². The normalized spacial score (nSPS) is 13.6. The molecule has 5 heteroatoms. The van der Waals surface area contributed by atoms with E-state index in [1.54, 1.807) is 24.3 Å². The van der Waals surface area contributed by atoms with E-state index >= 15 is 0 Å².